The molecule has 0 bridgehead atoms. The Morgan fingerprint density at radius 1 is 0.762 bits per heavy atom. The van der Waals surface area contributed by atoms with Crippen LogP contribution in [0.3, 0.4) is 0 Å². The van der Waals surface area contributed by atoms with E-state index in [0.717, 1.165) is 37.1 Å². The minimum Gasteiger partial charge on any atom is -0.396 e. The van der Waals surface area contributed by atoms with Gasteiger partial charge in [0.25, 0.3) is 0 Å². The average molecular weight is 303 g/mol. The van der Waals surface area contributed by atoms with E-state index in [1.54, 1.807) is 0 Å². The maximum absolute atomic E-state index is 9.25. The first-order valence-electron chi connectivity index (χ1n) is 7.67. The number of benzene rings is 2. The molecule has 0 amide bonds. The molecule has 0 saturated heterocycles. The lowest BCUT2D eigenvalue weighted by Crippen LogP contribution is -2.06. The number of aliphatic hydroxyl groups excluding tert-OH is 1. The Bertz CT molecular complexity index is 507. The molecule has 0 spiro atoms. The van der Waals surface area contributed by atoms with Crippen molar-refractivity contribution in [3.8, 4) is 0 Å². The van der Waals surface area contributed by atoms with Crippen molar-refractivity contribution in [1.29, 1.82) is 0 Å². The predicted octanol–water partition coefficient (Wildman–Crippen LogP) is 4.90. The molecule has 0 radical (unpaired) electrons. The van der Waals surface area contributed by atoms with Crippen LogP contribution in [0.25, 0.3) is 0 Å². The van der Waals surface area contributed by atoms with E-state index in [1.165, 1.54) is 11.1 Å². The predicted molar refractivity (Wildman–Crippen MR) is 89.7 cm³/mol. The number of aryl methyl sites for hydroxylation is 2. The Balaban J connectivity index is 1.82. The van der Waals surface area contributed by atoms with Crippen molar-refractivity contribution in [1.82, 2.24) is 0 Å². The van der Waals surface area contributed by atoms with Crippen molar-refractivity contribution in [3.05, 3.63) is 70.7 Å². The van der Waals surface area contributed by atoms with Crippen LogP contribution in [-0.2, 0) is 12.8 Å². The van der Waals surface area contributed by atoms with E-state index in [2.05, 4.69) is 42.5 Å². The largest absolute Gasteiger partial charge is 0.396 e. The lowest BCUT2D eigenvalue weighted by molar-refractivity contribution is 0.246. The fraction of sp³-hybridized carbons (Fsp3) is 0.368. The zero-order valence-electron chi connectivity index (χ0n) is 12.3. The minimum absolute atomic E-state index is 0.278. The second-order valence-corrected chi connectivity index (χ2v) is 6.00. The van der Waals surface area contributed by atoms with Gasteiger partial charge in [-0.25, -0.2) is 0 Å². The van der Waals surface area contributed by atoms with Gasteiger partial charge < -0.3 is 5.11 Å². The summed E-state index contributed by atoms with van der Waals surface area (Å²) in [5.41, 5.74) is 2.70. The van der Waals surface area contributed by atoms with Gasteiger partial charge in [-0.3, -0.25) is 0 Å². The molecular weight excluding hydrogens is 280 g/mol. The molecule has 0 aliphatic heterocycles. The molecule has 0 aliphatic carbocycles. The van der Waals surface area contributed by atoms with Crippen molar-refractivity contribution in [2.75, 3.05) is 6.61 Å². The summed E-state index contributed by atoms with van der Waals surface area (Å²) in [6.45, 7) is 0.278. The smallest absolute Gasteiger partial charge is 0.0433 e. The number of hydrogen-bond donors (Lipinski definition) is 1. The topological polar surface area (TPSA) is 20.2 Å². The first kappa shape index (κ1) is 16.1. The molecule has 112 valence electrons. The molecule has 1 unspecified atom stereocenters. The highest BCUT2D eigenvalue weighted by Gasteiger charge is 2.09. The second-order valence-electron chi connectivity index (χ2n) is 5.57. The molecule has 2 rings (SSSR count). The zero-order valence-corrected chi connectivity index (χ0v) is 13.1. The minimum atomic E-state index is 0.278. The van der Waals surface area contributed by atoms with E-state index in [4.69, 9.17) is 11.6 Å². The van der Waals surface area contributed by atoms with Gasteiger partial charge in [-0.1, -0.05) is 54.1 Å². The Labute approximate surface area is 132 Å². The third-order valence-corrected chi connectivity index (χ3v) is 4.23. The van der Waals surface area contributed by atoms with Gasteiger partial charge in [-0.15, -0.1) is 0 Å². The van der Waals surface area contributed by atoms with Crippen molar-refractivity contribution in [2.24, 2.45) is 5.92 Å². The summed E-state index contributed by atoms with van der Waals surface area (Å²) < 4.78 is 0. The van der Waals surface area contributed by atoms with Crippen LogP contribution in [0.1, 0.15) is 30.4 Å². The summed E-state index contributed by atoms with van der Waals surface area (Å²) in [5, 5.41) is 10.0. The zero-order chi connectivity index (χ0) is 14.9. The van der Waals surface area contributed by atoms with Gasteiger partial charge in [0.2, 0.25) is 0 Å². The van der Waals surface area contributed by atoms with E-state index in [1.807, 2.05) is 12.1 Å². The number of hydrogen-bond acceptors (Lipinski definition) is 1. The average Bonchev–Trinajstić information content (AvgIpc) is 2.52. The Hall–Kier alpha value is -1.31. The molecule has 2 heteroatoms. The lowest BCUT2D eigenvalue weighted by Gasteiger charge is -2.16. The molecule has 0 saturated carbocycles. The number of halogens is 1. The van der Waals surface area contributed by atoms with E-state index in [9.17, 15) is 5.11 Å². The standard InChI is InChI=1S/C19H23ClO/c20-19-12-10-17(11-13-19)7-9-18(14-15-21)8-6-16-4-2-1-3-5-16/h1-5,10-13,18,21H,6-9,14-15H2. The van der Waals surface area contributed by atoms with Crippen molar-refractivity contribution < 1.29 is 5.11 Å². The monoisotopic (exact) mass is 302 g/mol. The van der Waals surface area contributed by atoms with Crippen molar-refractivity contribution in [3.63, 3.8) is 0 Å². The molecule has 1 N–H and O–H groups in total. The van der Waals surface area contributed by atoms with Crippen LogP contribution in [0.4, 0.5) is 0 Å². The van der Waals surface area contributed by atoms with Gasteiger partial charge in [0.05, 0.1) is 0 Å². The van der Waals surface area contributed by atoms with Crippen molar-refractivity contribution in [2.45, 2.75) is 32.1 Å². The molecule has 0 aromatic heterocycles. The molecule has 21 heavy (non-hydrogen) atoms. The highest BCUT2D eigenvalue weighted by molar-refractivity contribution is 6.30. The van der Waals surface area contributed by atoms with E-state index < -0.39 is 0 Å². The molecule has 0 heterocycles. The Kier molecular flexibility index (Phi) is 6.78. The molecular formula is C19H23ClO. The molecule has 0 aliphatic rings. The highest BCUT2D eigenvalue weighted by Crippen LogP contribution is 2.20. The summed E-state index contributed by atoms with van der Waals surface area (Å²) in [6, 6.07) is 18.7. The Morgan fingerprint density at radius 3 is 1.90 bits per heavy atom. The molecule has 0 fully saturated rings. The highest BCUT2D eigenvalue weighted by atomic mass is 35.5. The van der Waals surface area contributed by atoms with Crippen LogP contribution in [0.5, 0.6) is 0 Å². The van der Waals surface area contributed by atoms with Crippen LogP contribution < -0.4 is 0 Å². The normalized spacial score (nSPS) is 12.3. The second kappa shape index (κ2) is 8.86. The van der Waals surface area contributed by atoms with Gasteiger partial charge in [-0.2, -0.15) is 0 Å². The first-order valence-corrected chi connectivity index (χ1v) is 8.05. The van der Waals surface area contributed by atoms with Crippen LogP contribution in [0.2, 0.25) is 5.02 Å². The third-order valence-electron chi connectivity index (χ3n) is 3.98. The lowest BCUT2D eigenvalue weighted by atomic mass is 9.91. The fourth-order valence-corrected chi connectivity index (χ4v) is 2.78. The van der Waals surface area contributed by atoms with Crippen LogP contribution in [0, 0.1) is 5.92 Å². The number of rotatable bonds is 8. The summed E-state index contributed by atoms with van der Waals surface area (Å²) in [6.07, 6.45) is 5.29. The maximum Gasteiger partial charge on any atom is 0.0433 e. The fourth-order valence-electron chi connectivity index (χ4n) is 2.65. The summed E-state index contributed by atoms with van der Waals surface area (Å²) >= 11 is 5.91. The van der Waals surface area contributed by atoms with Gasteiger partial charge in [0, 0.05) is 11.6 Å². The van der Waals surface area contributed by atoms with Gasteiger partial charge in [-0.05, 0) is 61.3 Å². The van der Waals surface area contributed by atoms with Crippen LogP contribution in [0.15, 0.2) is 54.6 Å². The van der Waals surface area contributed by atoms with E-state index >= 15 is 0 Å². The molecule has 1 nitrogen and oxygen atoms in total. The first-order chi connectivity index (χ1) is 10.3. The summed E-state index contributed by atoms with van der Waals surface area (Å²) in [5.74, 6) is 0.575. The quantitative estimate of drug-likeness (QED) is 0.735. The third kappa shape index (κ3) is 5.91. The number of aliphatic hydroxyl groups is 1. The summed E-state index contributed by atoms with van der Waals surface area (Å²) in [4.78, 5) is 0. The van der Waals surface area contributed by atoms with Gasteiger partial charge in [0.1, 0.15) is 0 Å². The van der Waals surface area contributed by atoms with E-state index in [-0.39, 0.29) is 6.61 Å². The summed E-state index contributed by atoms with van der Waals surface area (Å²) in [7, 11) is 0. The van der Waals surface area contributed by atoms with Crippen LogP contribution >= 0.6 is 11.6 Å². The van der Waals surface area contributed by atoms with Gasteiger partial charge >= 0.3 is 0 Å². The van der Waals surface area contributed by atoms with Gasteiger partial charge in [0.15, 0.2) is 0 Å². The van der Waals surface area contributed by atoms with Crippen LogP contribution in [-0.4, -0.2) is 11.7 Å². The Morgan fingerprint density at radius 2 is 1.33 bits per heavy atom. The SMILES string of the molecule is OCCC(CCc1ccccc1)CCc1ccc(Cl)cc1. The molecule has 2 aromatic rings. The van der Waals surface area contributed by atoms with E-state index in [0.29, 0.717) is 5.92 Å². The molecule has 1 atom stereocenters. The molecule has 2 aromatic carbocycles. The van der Waals surface area contributed by atoms with Crippen molar-refractivity contribution >= 4 is 11.6 Å². The maximum atomic E-state index is 9.25.